The number of nitrogens with zero attached hydrogens (tertiary/aromatic N) is 1. The quantitative estimate of drug-likeness (QED) is 0.702. The molecule has 0 heterocycles. The van der Waals surface area contributed by atoms with E-state index in [1.807, 2.05) is 0 Å². The standard InChI is InChI=1S/C17H17ClN2O6S/c1-20(2)27(24,25)15-9-11(7-8-13(15)18)19-16(22)10-26-17(23)12-5-3-4-6-14(12)21/h3-9,21H,10H2,1-2H3,(H,19,22). The molecule has 0 atom stereocenters. The van der Waals surface area contributed by atoms with E-state index in [1.54, 1.807) is 6.07 Å². The molecular weight excluding hydrogens is 396 g/mol. The summed E-state index contributed by atoms with van der Waals surface area (Å²) in [7, 11) is -1.08. The van der Waals surface area contributed by atoms with Crippen LogP contribution in [0.15, 0.2) is 47.4 Å². The fourth-order valence-corrected chi connectivity index (χ4v) is 3.42. The molecule has 0 aliphatic heterocycles. The minimum atomic E-state index is -3.80. The second kappa shape index (κ2) is 8.38. The first kappa shape index (κ1) is 20.7. The number of sulfonamides is 1. The van der Waals surface area contributed by atoms with E-state index in [1.165, 1.54) is 50.5 Å². The van der Waals surface area contributed by atoms with Crippen LogP contribution >= 0.6 is 11.6 Å². The first-order chi connectivity index (χ1) is 12.6. The van der Waals surface area contributed by atoms with E-state index in [0.29, 0.717) is 0 Å². The molecule has 0 spiro atoms. The van der Waals surface area contributed by atoms with E-state index >= 15 is 0 Å². The van der Waals surface area contributed by atoms with E-state index in [-0.39, 0.29) is 26.9 Å². The molecule has 144 valence electrons. The number of carbonyl (C=O) groups is 2. The van der Waals surface area contributed by atoms with Gasteiger partial charge in [0.05, 0.1) is 5.02 Å². The van der Waals surface area contributed by atoms with Gasteiger partial charge in [-0.25, -0.2) is 17.5 Å². The van der Waals surface area contributed by atoms with Crippen LogP contribution in [0.4, 0.5) is 5.69 Å². The highest BCUT2D eigenvalue weighted by Gasteiger charge is 2.21. The summed E-state index contributed by atoms with van der Waals surface area (Å²) in [5.74, 6) is -1.82. The molecule has 0 saturated heterocycles. The van der Waals surface area contributed by atoms with Gasteiger partial charge in [0.15, 0.2) is 6.61 Å². The molecule has 0 fully saturated rings. The summed E-state index contributed by atoms with van der Waals surface area (Å²) in [5.41, 5.74) is 0.0968. The lowest BCUT2D eigenvalue weighted by molar-refractivity contribution is -0.119. The minimum absolute atomic E-state index is 0.00711. The summed E-state index contributed by atoms with van der Waals surface area (Å²) >= 11 is 5.94. The molecule has 1 amide bonds. The molecule has 27 heavy (non-hydrogen) atoms. The molecule has 2 aromatic rings. The second-order valence-electron chi connectivity index (χ2n) is 5.57. The van der Waals surface area contributed by atoms with E-state index in [0.717, 1.165) is 4.31 Å². The number of ether oxygens (including phenoxy) is 1. The topological polar surface area (TPSA) is 113 Å². The van der Waals surface area contributed by atoms with Gasteiger partial charge in [0.2, 0.25) is 10.0 Å². The van der Waals surface area contributed by atoms with Crippen molar-refractivity contribution >= 4 is 39.2 Å². The summed E-state index contributed by atoms with van der Waals surface area (Å²) in [4.78, 5) is 23.7. The largest absolute Gasteiger partial charge is 0.507 e. The number of para-hydroxylation sites is 1. The Bertz CT molecular complexity index is 975. The first-order valence-electron chi connectivity index (χ1n) is 7.60. The molecule has 0 aromatic heterocycles. The van der Waals surface area contributed by atoms with Crippen LogP contribution in [0.3, 0.4) is 0 Å². The Hall–Kier alpha value is -2.62. The molecule has 10 heteroatoms. The number of phenols is 1. The van der Waals surface area contributed by atoms with Crippen LogP contribution in [0, 0.1) is 0 Å². The van der Waals surface area contributed by atoms with Crippen molar-refractivity contribution < 1.29 is 27.9 Å². The van der Waals surface area contributed by atoms with Crippen LogP contribution < -0.4 is 5.32 Å². The number of hydrogen-bond acceptors (Lipinski definition) is 6. The number of phenolic OH excluding ortho intramolecular Hbond substituents is 1. The zero-order chi connectivity index (χ0) is 20.2. The third kappa shape index (κ3) is 4.97. The highest BCUT2D eigenvalue weighted by atomic mass is 35.5. The number of nitrogens with one attached hydrogen (secondary N) is 1. The lowest BCUT2D eigenvalue weighted by atomic mass is 10.2. The highest BCUT2D eigenvalue weighted by Crippen LogP contribution is 2.26. The van der Waals surface area contributed by atoms with Crippen LogP contribution in [0.2, 0.25) is 5.02 Å². The van der Waals surface area contributed by atoms with Gasteiger partial charge in [-0.05, 0) is 30.3 Å². The number of carbonyl (C=O) groups excluding carboxylic acids is 2. The molecule has 0 radical (unpaired) electrons. The van der Waals surface area contributed by atoms with Crippen molar-refractivity contribution in [2.75, 3.05) is 26.0 Å². The van der Waals surface area contributed by atoms with E-state index in [4.69, 9.17) is 16.3 Å². The fraction of sp³-hybridized carbons (Fsp3) is 0.176. The van der Waals surface area contributed by atoms with Crippen LogP contribution in [0.1, 0.15) is 10.4 Å². The molecule has 0 unspecified atom stereocenters. The Morgan fingerprint density at radius 3 is 2.48 bits per heavy atom. The monoisotopic (exact) mass is 412 g/mol. The SMILES string of the molecule is CN(C)S(=O)(=O)c1cc(NC(=O)COC(=O)c2ccccc2O)ccc1Cl. The summed E-state index contributed by atoms with van der Waals surface area (Å²) < 4.78 is 30.3. The summed E-state index contributed by atoms with van der Waals surface area (Å²) in [6.45, 7) is -0.619. The number of halogens is 1. The summed E-state index contributed by atoms with van der Waals surface area (Å²) in [6.07, 6.45) is 0. The van der Waals surface area contributed by atoms with Crippen LogP contribution in [0.5, 0.6) is 5.75 Å². The Balaban J connectivity index is 2.06. The number of rotatable bonds is 6. The molecule has 0 saturated carbocycles. The number of benzene rings is 2. The van der Waals surface area contributed by atoms with Gasteiger partial charge in [-0.3, -0.25) is 4.79 Å². The molecule has 2 N–H and O–H groups in total. The number of esters is 1. The molecule has 2 rings (SSSR count). The van der Waals surface area contributed by atoms with Gasteiger partial charge < -0.3 is 15.2 Å². The lowest BCUT2D eigenvalue weighted by Crippen LogP contribution is -2.23. The van der Waals surface area contributed by atoms with E-state index < -0.39 is 28.5 Å². The normalized spacial score (nSPS) is 11.3. The number of anilines is 1. The van der Waals surface area contributed by atoms with Crippen LogP contribution in [-0.4, -0.2) is 50.4 Å². The van der Waals surface area contributed by atoms with Crippen molar-refractivity contribution in [2.24, 2.45) is 0 Å². The smallest absolute Gasteiger partial charge is 0.342 e. The third-order valence-electron chi connectivity index (χ3n) is 3.43. The van der Waals surface area contributed by atoms with Crippen molar-refractivity contribution in [3.63, 3.8) is 0 Å². The lowest BCUT2D eigenvalue weighted by Gasteiger charge is -2.14. The molecule has 0 aliphatic rings. The van der Waals surface area contributed by atoms with Gasteiger partial charge in [-0.15, -0.1) is 0 Å². The summed E-state index contributed by atoms with van der Waals surface area (Å²) in [6, 6.07) is 9.71. The Morgan fingerprint density at radius 2 is 1.85 bits per heavy atom. The van der Waals surface area contributed by atoms with Gasteiger partial charge in [0.25, 0.3) is 5.91 Å². The average molecular weight is 413 g/mol. The zero-order valence-electron chi connectivity index (χ0n) is 14.5. The van der Waals surface area contributed by atoms with Crippen molar-refractivity contribution in [2.45, 2.75) is 4.90 Å². The zero-order valence-corrected chi connectivity index (χ0v) is 16.0. The molecule has 8 nitrogen and oxygen atoms in total. The Labute approximate surface area is 161 Å². The first-order valence-corrected chi connectivity index (χ1v) is 9.42. The van der Waals surface area contributed by atoms with Gasteiger partial charge in [0.1, 0.15) is 16.2 Å². The Morgan fingerprint density at radius 1 is 1.19 bits per heavy atom. The predicted molar refractivity (Wildman–Crippen MR) is 99.3 cm³/mol. The minimum Gasteiger partial charge on any atom is -0.507 e. The van der Waals surface area contributed by atoms with Gasteiger partial charge in [-0.2, -0.15) is 0 Å². The number of hydrogen-bond donors (Lipinski definition) is 2. The van der Waals surface area contributed by atoms with Crippen molar-refractivity contribution in [3.05, 3.63) is 53.1 Å². The molecule has 0 aliphatic carbocycles. The predicted octanol–water partition coefficient (Wildman–Crippen LogP) is 2.09. The molecule has 0 bridgehead atoms. The van der Waals surface area contributed by atoms with Crippen LogP contribution in [-0.2, 0) is 19.6 Å². The maximum Gasteiger partial charge on any atom is 0.342 e. The second-order valence-corrected chi connectivity index (χ2v) is 8.10. The molecular formula is C17H17ClN2O6S. The van der Waals surface area contributed by atoms with Gasteiger partial charge in [0, 0.05) is 19.8 Å². The van der Waals surface area contributed by atoms with Gasteiger partial charge in [-0.1, -0.05) is 23.7 Å². The van der Waals surface area contributed by atoms with E-state index in [2.05, 4.69) is 5.32 Å². The maximum atomic E-state index is 12.2. The summed E-state index contributed by atoms with van der Waals surface area (Å²) in [5, 5.41) is 12.0. The average Bonchev–Trinajstić information content (AvgIpc) is 2.61. The van der Waals surface area contributed by atoms with Crippen molar-refractivity contribution in [3.8, 4) is 5.75 Å². The van der Waals surface area contributed by atoms with Crippen LogP contribution in [0.25, 0.3) is 0 Å². The Kier molecular flexibility index (Phi) is 6.42. The van der Waals surface area contributed by atoms with E-state index in [9.17, 15) is 23.1 Å². The maximum absolute atomic E-state index is 12.2. The number of amides is 1. The van der Waals surface area contributed by atoms with Crippen molar-refractivity contribution in [1.29, 1.82) is 0 Å². The third-order valence-corrected chi connectivity index (χ3v) is 5.73. The highest BCUT2D eigenvalue weighted by molar-refractivity contribution is 7.89. The fourth-order valence-electron chi connectivity index (χ4n) is 2.03. The molecule has 2 aromatic carbocycles. The van der Waals surface area contributed by atoms with Gasteiger partial charge >= 0.3 is 5.97 Å². The van der Waals surface area contributed by atoms with Crippen molar-refractivity contribution in [1.82, 2.24) is 4.31 Å². The number of aromatic hydroxyl groups is 1.